The van der Waals surface area contributed by atoms with E-state index in [1.54, 1.807) is 53.4 Å². The molecule has 2 aromatic carbocycles. The lowest BCUT2D eigenvalue weighted by molar-refractivity contribution is 0.0574. The van der Waals surface area contributed by atoms with E-state index in [1.807, 2.05) is 0 Å². The highest BCUT2D eigenvalue weighted by Crippen LogP contribution is 2.29. The number of hydrogen-bond donors (Lipinski definition) is 0. The molecule has 2 aliphatic heterocycles. The Bertz CT molecular complexity index is 861. The highest BCUT2D eigenvalue weighted by Gasteiger charge is 2.43. The topological polar surface area (TPSA) is 57.7 Å². The van der Waals surface area contributed by atoms with Crippen LogP contribution in [0.3, 0.4) is 0 Å². The lowest BCUT2D eigenvalue weighted by atomic mass is 10.1. The number of amides is 3. The van der Waals surface area contributed by atoms with Crippen molar-refractivity contribution in [2.45, 2.75) is 12.5 Å². The number of nitrogens with zero attached hydrogens (tertiary/aromatic N) is 2. The van der Waals surface area contributed by atoms with Crippen molar-refractivity contribution in [3.05, 3.63) is 70.2 Å². The van der Waals surface area contributed by atoms with Gasteiger partial charge < -0.3 is 4.90 Å². The number of rotatable bonds is 2. The van der Waals surface area contributed by atoms with Gasteiger partial charge in [0.1, 0.15) is 0 Å². The van der Waals surface area contributed by atoms with Crippen LogP contribution in [0.5, 0.6) is 0 Å². The van der Waals surface area contributed by atoms with Crippen molar-refractivity contribution < 1.29 is 14.4 Å². The number of benzene rings is 2. The fourth-order valence-electron chi connectivity index (χ4n) is 3.48. The first-order valence-corrected chi connectivity index (χ1v) is 8.46. The molecule has 0 aliphatic carbocycles. The zero-order chi connectivity index (χ0) is 17.6. The third kappa shape index (κ3) is 2.51. The molecule has 0 aromatic heterocycles. The van der Waals surface area contributed by atoms with Crippen LogP contribution in [0.1, 0.15) is 37.5 Å². The van der Waals surface area contributed by atoms with Crippen molar-refractivity contribution >= 4 is 29.3 Å². The summed E-state index contributed by atoms with van der Waals surface area (Å²) in [5.41, 5.74) is 1.30. The SMILES string of the molecule is O=C(c1ccccc1Cl)N1CCC(N2C(=O)c3ccccc3C2=O)C1. The van der Waals surface area contributed by atoms with Crippen molar-refractivity contribution in [2.75, 3.05) is 13.1 Å². The van der Waals surface area contributed by atoms with Gasteiger partial charge in [-0.05, 0) is 30.7 Å². The summed E-state index contributed by atoms with van der Waals surface area (Å²) in [7, 11) is 0. The fraction of sp³-hybridized carbons (Fsp3) is 0.211. The average Bonchev–Trinajstić information content (AvgIpc) is 3.19. The molecule has 2 aromatic rings. The van der Waals surface area contributed by atoms with E-state index in [0.717, 1.165) is 0 Å². The Kier molecular flexibility index (Phi) is 3.81. The predicted octanol–water partition coefficient (Wildman–Crippen LogP) is 2.85. The Balaban J connectivity index is 1.54. The minimum atomic E-state index is -0.307. The van der Waals surface area contributed by atoms with E-state index in [0.29, 0.717) is 41.2 Å². The molecule has 3 amide bonds. The Labute approximate surface area is 149 Å². The normalized spacial score (nSPS) is 19.5. The zero-order valence-electron chi connectivity index (χ0n) is 13.3. The van der Waals surface area contributed by atoms with Gasteiger partial charge in [0.2, 0.25) is 0 Å². The number of fused-ring (bicyclic) bond motifs is 1. The van der Waals surface area contributed by atoms with Crippen molar-refractivity contribution in [3.63, 3.8) is 0 Å². The van der Waals surface area contributed by atoms with Crippen LogP contribution in [0.2, 0.25) is 5.02 Å². The maximum absolute atomic E-state index is 12.7. The number of imide groups is 1. The fourth-order valence-corrected chi connectivity index (χ4v) is 3.70. The maximum atomic E-state index is 12.7. The van der Waals surface area contributed by atoms with Crippen LogP contribution in [0, 0.1) is 0 Å². The summed E-state index contributed by atoms with van der Waals surface area (Å²) >= 11 is 6.10. The van der Waals surface area contributed by atoms with Crippen molar-refractivity contribution in [1.82, 2.24) is 9.80 Å². The van der Waals surface area contributed by atoms with Crippen LogP contribution in [0.15, 0.2) is 48.5 Å². The van der Waals surface area contributed by atoms with Gasteiger partial charge in [0.15, 0.2) is 0 Å². The van der Waals surface area contributed by atoms with Crippen molar-refractivity contribution in [2.24, 2.45) is 0 Å². The zero-order valence-corrected chi connectivity index (χ0v) is 14.1. The molecule has 0 bridgehead atoms. The average molecular weight is 355 g/mol. The first kappa shape index (κ1) is 15.8. The number of carbonyl (C=O) groups excluding carboxylic acids is 3. The highest BCUT2D eigenvalue weighted by atomic mass is 35.5. The summed E-state index contributed by atoms with van der Waals surface area (Å²) in [6.07, 6.45) is 0.571. The molecule has 25 heavy (non-hydrogen) atoms. The molecular formula is C19H15ClN2O3. The van der Waals surface area contributed by atoms with Crippen molar-refractivity contribution in [1.29, 1.82) is 0 Å². The molecule has 1 fully saturated rings. The molecule has 4 rings (SSSR count). The van der Waals surface area contributed by atoms with Crippen LogP contribution >= 0.6 is 11.6 Å². The summed E-state index contributed by atoms with van der Waals surface area (Å²) in [4.78, 5) is 40.8. The van der Waals surface area contributed by atoms with Crippen LogP contribution in [0.25, 0.3) is 0 Å². The predicted molar refractivity (Wildman–Crippen MR) is 92.7 cm³/mol. The molecule has 0 saturated carbocycles. The van der Waals surface area contributed by atoms with Crippen LogP contribution < -0.4 is 0 Å². The van der Waals surface area contributed by atoms with Crippen LogP contribution in [-0.2, 0) is 0 Å². The molecule has 0 radical (unpaired) electrons. The van der Waals surface area contributed by atoms with E-state index in [9.17, 15) is 14.4 Å². The second-order valence-corrected chi connectivity index (χ2v) is 6.61. The van der Waals surface area contributed by atoms with E-state index < -0.39 is 0 Å². The van der Waals surface area contributed by atoms with E-state index in [-0.39, 0.29) is 23.8 Å². The Morgan fingerprint density at radius 1 is 0.960 bits per heavy atom. The summed E-state index contributed by atoms with van der Waals surface area (Å²) in [6, 6.07) is 13.4. The highest BCUT2D eigenvalue weighted by molar-refractivity contribution is 6.33. The number of halogens is 1. The Hall–Kier alpha value is -2.66. The first-order chi connectivity index (χ1) is 12.1. The molecule has 0 N–H and O–H groups in total. The molecule has 2 heterocycles. The molecule has 2 aliphatic rings. The van der Waals surface area contributed by atoms with Crippen LogP contribution in [0.4, 0.5) is 0 Å². The lowest BCUT2D eigenvalue weighted by Crippen LogP contribution is -2.42. The monoisotopic (exact) mass is 354 g/mol. The molecule has 5 nitrogen and oxygen atoms in total. The number of hydrogen-bond acceptors (Lipinski definition) is 3. The largest absolute Gasteiger partial charge is 0.336 e. The smallest absolute Gasteiger partial charge is 0.261 e. The second-order valence-electron chi connectivity index (χ2n) is 6.20. The van der Waals surface area contributed by atoms with Crippen LogP contribution in [-0.4, -0.2) is 46.7 Å². The van der Waals surface area contributed by atoms with E-state index in [1.165, 1.54) is 4.90 Å². The Morgan fingerprint density at radius 3 is 2.20 bits per heavy atom. The van der Waals surface area contributed by atoms with Gasteiger partial charge in [0.25, 0.3) is 17.7 Å². The quantitative estimate of drug-likeness (QED) is 0.779. The van der Waals surface area contributed by atoms with Gasteiger partial charge in [-0.2, -0.15) is 0 Å². The maximum Gasteiger partial charge on any atom is 0.261 e. The molecule has 1 unspecified atom stereocenters. The van der Waals surface area contributed by atoms with Gasteiger partial charge >= 0.3 is 0 Å². The van der Waals surface area contributed by atoms with E-state index >= 15 is 0 Å². The summed E-state index contributed by atoms with van der Waals surface area (Å²) in [5.74, 6) is -0.736. The minimum absolute atomic E-state index is 0.176. The molecule has 1 saturated heterocycles. The molecule has 6 heteroatoms. The van der Waals surface area contributed by atoms with Gasteiger partial charge in [-0.1, -0.05) is 35.9 Å². The molecule has 0 spiro atoms. The van der Waals surface area contributed by atoms with E-state index in [2.05, 4.69) is 0 Å². The minimum Gasteiger partial charge on any atom is -0.336 e. The van der Waals surface area contributed by atoms with Gasteiger partial charge in [-0.25, -0.2) is 0 Å². The third-order valence-electron chi connectivity index (χ3n) is 4.75. The summed E-state index contributed by atoms with van der Waals surface area (Å²) in [6.45, 7) is 0.817. The van der Waals surface area contributed by atoms with E-state index in [4.69, 9.17) is 11.6 Å². The summed E-state index contributed by atoms with van der Waals surface area (Å²) < 4.78 is 0. The first-order valence-electron chi connectivity index (χ1n) is 8.08. The Morgan fingerprint density at radius 2 is 1.56 bits per heavy atom. The number of carbonyl (C=O) groups is 3. The molecular weight excluding hydrogens is 340 g/mol. The van der Waals surface area contributed by atoms with Crippen molar-refractivity contribution in [3.8, 4) is 0 Å². The lowest BCUT2D eigenvalue weighted by Gasteiger charge is -2.22. The van der Waals surface area contributed by atoms with Gasteiger partial charge in [0.05, 0.1) is 27.8 Å². The second kappa shape index (κ2) is 6.01. The van der Waals surface area contributed by atoms with Gasteiger partial charge in [0, 0.05) is 13.1 Å². The summed E-state index contributed by atoms with van der Waals surface area (Å²) in [5, 5.41) is 0.400. The number of likely N-dealkylation sites (tertiary alicyclic amines) is 1. The van der Waals surface area contributed by atoms with Gasteiger partial charge in [-0.15, -0.1) is 0 Å². The molecule has 1 atom stereocenters. The standard InChI is InChI=1S/C19H15ClN2O3/c20-16-8-4-3-7-15(16)17(23)21-10-9-12(11-21)22-18(24)13-5-1-2-6-14(13)19(22)25/h1-8,12H,9-11H2. The van der Waals surface area contributed by atoms with Gasteiger partial charge in [-0.3, -0.25) is 19.3 Å². The molecule has 126 valence electrons. The third-order valence-corrected chi connectivity index (χ3v) is 5.08.